The molecule has 5 nitrogen and oxygen atoms in total. The highest BCUT2D eigenvalue weighted by Gasteiger charge is 2.69. The molecular weight excluding hydrogens is 272 g/mol. The van der Waals surface area contributed by atoms with Crippen molar-refractivity contribution in [1.29, 1.82) is 0 Å². The first-order chi connectivity index (χ1) is 10.00. The normalized spacial score (nSPS) is 59.4. The summed E-state index contributed by atoms with van der Waals surface area (Å²) in [4.78, 5) is 11.8. The van der Waals surface area contributed by atoms with Crippen LogP contribution in [0, 0.1) is 23.7 Å². The Balaban J connectivity index is 1.79. The van der Waals surface area contributed by atoms with Gasteiger partial charge in [0, 0.05) is 25.4 Å². The second-order valence-electron chi connectivity index (χ2n) is 7.51. The second-order valence-corrected chi connectivity index (χ2v) is 7.51. The third-order valence-electron chi connectivity index (χ3n) is 6.33. The van der Waals surface area contributed by atoms with Crippen molar-refractivity contribution in [3.63, 3.8) is 0 Å². The zero-order valence-electron chi connectivity index (χ0n) is 13.3. The van der Waals surface area contributed by atoms with E-state index >= 15 is 0 Å². The summed E-state index contributed by atoms with van der Waals surface area (Å²) in [7, 11) is 1.70. The van der Waals surface area contributed by atoms with Gasteiger partial charge in [0.05, 0.1) is 0 Å². The lowest BCUT2D eigenvalue weighted by Gasteiger charge is -2.60. The van der Waals surface area contributed by atoms with Crippen LogP contribution in [0.2, 0.25) is 0 Å². The molecule has 5 rings (SSSR count). The first-order valence-corrected chi connectivity index (χ1v) is 8.23. The van der Waals surface area contributed by atoms with Crippen LogP contribution in [0.5, 0.6) is 0 Å². The Hall–Kier alpha value is -0.200. The minimum absolute atomic E-state index is 0.230. The molecule has 0 aromatic heterocycles. The van der Waals surface area contributed by atoms with Crippen molar-refractivity contribution < 1.29 is 24.0 Å². The van der Waals surface area contributed by atoms with E-state index < -0.39 is 17.7 Å². The zero-order chi connectivity index (χ0) is 14.8. The molecule has 5 heteroatoms. The fourth-order valence-electron chi connectivity index (χ4n) is 5.14. The van der Waals surface area contributed by atoms with Gasteiger partial charge in [0.1, 0.15) is 0 Å². The van der Waals surface area contributed by atoms with E-state index in [1.54, 1.807) is 7.11 Å². The molecule has 1 aliphatic carbocycles. The standard InChI is InChI=1S/C16H26O5/c1-9-5-6-12-10(2)13(17-4)18-14-16(12)11(9)7-8-15(3,19-14)20-21-16/h9-14H,5-8H2,1-4H3/t9-,10-,11+,12-,13-,14-,15-,16-/m1/s1. The summed E-state index contributed by atoms with van der Waals surface area (Å²) in [6.45, 7) is 6.46. The lowest BCUT2D eigenvalue weighted by molar-refractivity contribution is -0.577. The van der Waals surface area contributed by atoms with Gasteiger partial charge in [0.15, 0.2) is 18.2 Å². The number of methoxy groups -OCH3 is 1. The van der Waals surface area contributed by atoms with Crippen LogP contribution in [-0.4, -0.2) is 31.1 Å². The number of ether oxygens (including phenoxy) is 3. The van der Waals surface area contributed by atoms with Gasteiger partial charge in [-0.15, -0.1) is 0 Å². The summed E-state index contributed by atoms with van der Waals surface area (Å²) in [5, 5.41) is 0. The van der Waals surface area contributed by atoms with Gasteiger partial charge < -0.3 is 14.2 Å². The predicted molar refractivity (Wildman–Crippen MR) is 73.8 cm³/mol. The van der Waals surface area contributed by atoms with Crippen LogP contribution in [0.15, 0.2) is 0 Å². The van der Waals surface area contributed by atoms with Gasteiger partial charge in [-0.3, -0.25) is 0 Å². The van der Waals surface area contributed by atoms with E-state index in [1.165, 1.54) is 6.42 Å². The number of hydrogen-bond acceptors (Lipinski definition) is 5. The summed E-state index contributed by atoms with van der Waals surface area (Å²) in [5.74, 6) is 0.953. The Kier molecular flexibility index (Phi) is 3.19. The molecule has 21 heavy (non-hydrogen) atoms. The van der Waals surface area contributed by atoms with Crippen molar-refractivity contribution in [2.24, 2.45) is 23.7 Å². The van der Waals surface area contributed by atoms with Crippen LogP contribution in [0.4, 0.5) is 0 Å². The first kappa shape index (κ1) is 14.4. The van der Waals surface area contributed by atoms with E-state index in [9.17, 15) is 0 Å². The maximum absolute atomic E-state index is 6.21. The van der Waals surface area contributed by atoms with Crippen molar-refractivity contribution in [2.75, 3.05) is 7.11 Å². The third-order valence-corrected chi connectivity index (χ3v) is 6.33. The average molecular weight is 298 g/mol. The molecular formula is C16H26O5. The molecule has 5 aliphatic rings. The Bertz CT molecular complexity index is 429. The van der Waals surface area contributed by atoms with E-state index in [-0.39, 0.29) is 12.2 Å². The molecule has 4 heterocycles. The van der Waals surface area contributed by atoms with Gasteiger partial charge >= 0.3 is 0 Å². The molecule has 4 saturated heterocycles. The van der Waals surface area contributed by atoms with Crippen LogP contribution in [0.1, 0.15) is 46.5 Å². The van der Waals surface area contributed by atoms with Crippen molar-refractivity contribution in [1.82, 2.24) is 0 Å². The maximum atomic E-state index is 6.21. The Morgan fingerprint density at radius 2 is 1.86 bits per heavy atom. The van der Waals surface area contributed by atoms with Gasteiger partial charge in [-0.1, -0.05) is 13.8 Å². The molecule has 0 radical (unpaired) electrons. The van der Waals surface area contributed by atoms with Crippen LogP contribution in [0.3, 0.4) is 0 Å². The Morgan fingerprint density at radius 3 is 2.62 bits per heavy atom. The first-order valence-electron chi connectivity index (χ1n) is 8.23. The second kappa shape index (κ2) is 4.65. The molecule has 120 valence electrons. The molecule has 5 fully saturated rings. The summed E-state index contributed by atoms with van der Waals surface area (Å²) >= 11 is 0. The summed E-state index contributed by atoms with van der Waals surface area (Å²) < 4.78 is 17.9. The minimum atomic E-state index is -0.698. The van der Waals surface area contributed by atoms with Gasteiger partial charge in [0.2, 0.25) is 5.79 Å². The SMILES string of the molecule is CO[C@@H]1O[C@@H]2O[C@@]3(C)CC[C@H]4[C@H](C)CC[C@H]([C@H]1C)[C@@]24OO3. The van der Waals surface area contributed by atoms with Crippen molar-refractivity contribution in [3.05, 3.63) is 0 Å². The number of rotatable bonds is 1. The van der Waals surface area contributed by atoms with E-state index in [0.29, 0.717) is 17.8 Å². The lowest BCUT2D eigenvalue weighted by atomic mass is 9.58. The summed E-state index contributed by atoms with van der Waals surface area (Å²) in [6, 6.07) is 0. The Labute approximate surface area is 126 Å². The molecule has 4 aliphatic heterocycles. The topological polar surface area (TPSA) is 46.2 Å². The monoisotopic (exact) mass is 298 g/mol. The molecule has 0 aromatic rings. The van der Waals surface area contributed by atoms with Crippen molar-refractivity contribution >= 4 is 0 Å². The molecule has 1 saturated carbocycles. The highest BCUT2D eigenvalue weighted by Crippen LogP contribution is 2.60. The minimum Gasteiger partial charge on any atom is -0.355 e. The zero-order valence-corrected chi connectivity index (χ0v) is 13.3. The molecule has 1 spiro atoms. The fourth-order valence-corrected chi connectivity index (χ4v) is 5.14. The van der Waals surface area contributed by atoms with E-state index in [4.69, 9.17) is 24.0 Å². The van der Waals surface area contributed by atoms with E-state index in [1.807, 2.05) is 6.92 Å². The Morgan fingerprint density at radius 1 is 1.05 bits per heavy atom. The van der Waals surface area contributed by atoms with E-state index in [2.05, 4.69) is 13.8 Å². The van der Waals surface area contributed by atoms with Crippen LogP contribution in [0.25, 0.3) is 0 Å². The van der Waals surface area contributed by atoms with Crippen molar-refractivity contribution in [2.45, 2.75) is 70.4 Å². The third kappa shape index (κ3) is 1.81. The van der Waals surface area contributed by atoms with Gasteiger partial charge in [-0.2, -0.15) is 0 Å². The average Bonchev–Trinajstić information content (AvgIpc) is 2.69. The molecule has 0 unspecified atom stereocenters. The molecule has 0 N–H and O–H groups in total. The largest absolute Gasteiger partial charge is 0.355 e. The van der Waals surface area contributed by atoms with Crippen LogP contribution >= 0.6 is 0 Å². The fraction of sp³-hybridized carbons (Fsp3) is 1.00. The van der Waals surface area contributed by atoms with Gasteiger partial charge in [-0.05, 0) is 38.0 Å². The van der Waals surface area contributed by atoms with Crippen LogP contribution < -0.4 is 0 Å². The molecule has 0 amide bonds. The lowest BCUT2D eigenvalue weighted by Crippen LogP contribution is -2.70. The summed E-state index contributed by atoms with van der Waals surface area (Å²) in [5.41, 5.74) is -0.470. The number of fused-ring (bicyclic) bond motifs is 2. The van der Waals surface area contributed by atoms with Gasteiger partial charge in [0.25, 0.3) is 0 Å². The predicted octanol–water partition coefficient (Wildman–Crippen LogP) is 2.84. The molecule has 0 aromatic carbocycles. The van der Waals surface area contributed by atoms with Crippen LogP contribution in [-0.2, 0) is 24.0 Å². The van der Waals surface area contributed by atoms with Gasteiger partial charge in [-0.25, -0.2) is 9.78 Å². The summed E-state index contributed by atoms with van der Waals surface area (Å²) in [6.07, 6.45) is 3.64. The molecule has 2 bridgehead atoms. The number of hydrogen-bond donors (Lipinski definition) is 0. The quantitative estimate of drug-likeness (QED) is 0.697. The smallest absolute Gasteiger partial charge is 0.201 e. The maximum Gasteiger partial charge on any atom is 0.201 e. The van der Waals surface area contributed by atoms with E-state index in [0.717, 1.165) is 19.3 Å². The highest BCUT2D eigenvalue weighted by molar-refractivity contribution is 5.08. The molecule has 8 atom stereocenters. The highest BCUT2D eigenvalue weighted by atomic mass is 17.3. The van der Waals surface area contributed by atoms with Crippen molar-refractivity contribution in [3.8, 4) is 0 Å².